The second-order valence-electron chi connectivity index (χ2n) is 6.26. The minimum atomic E-state index is -0.273. The SMILES string of the molecule is CC(C)CN1CCC(CO)(Nc2ccc(F)cc2)CC1. The highest BCUT2D eigenvalue weighted by Crippen LogP contribution is 2.27. The summed E-state index contributed by atoms with van der Waals surface area (Å²) in [6.45, 7) is 7.66. The summed E-state index contributed by atoms with van der Waals surface area (Å²) >= 11 is 0. The minimum Gasteiger partial charge on any atom is -0.394 e. The lowest BCUT2D eigenvalue weighted by molar-refractivity contribution is 0.111. The zero-order valence-electron chi connectivity index (χ0n) is 12.4. The number of nitrogens with one attached hydrogen (secondary N) is 1. The van der Waals surface area contributed by atoms with E-state index >= 15 is 0 Å². The maximum atomic E-state index is 12.9. The van der Waals surface area contributed by atoms with Gasteiger partial charge in [-0.05, 0) is 43.0 Å². The van der Waals surface area contributed by atoms with Gasteiger partial charge in [0.1, 0.15) is 5.82 Å². The molecule has 1 saturated heterocycles. The van der Waals surface area contributed by atoms with Crippen molar-refractivity contribution in [2.45, 2.75) is 32.2 Å². The molecule has 1 aromatic rings. The number of piperidine rings is 1. The number of nitrogens with zero attached hydrogens (tertiary/aromatic N) is 1. The Labute approximate surface area is 120 Å². The van der Waals surface area contributed by atoms with E-state index in [0.29, 0.717) is 5.92 Å². The van der Waals surface area contributed by atoms with Crippen LogP contribution in [0.2, 0.25) is 0 Å². The van der Waals surface area contributed by atoms with Gasteiger partial charge in [-0.3, -0.25) is 0 Å². The molecule has 1 heterocycles. The average Bonchev–Trinajstić information content (AvgIpc) is 2.43. The van der Waals surface area contributed by atoms with Crippen LogP contribution in [0.1, 0.15) is 26.7 Å². The number of likely N-dealkylation sites (tertiary alicyclic amines) is 1. The predicted octanol–water partition coefficient (Wildman–Crippen LogP) is 2.72. The van der Waals surface area contributed by atoms with E-state index in [1.165, 1.54) is 12.1 Å². The molecule has 20 heavy (non-hydrogen) atoms. The molecule has 1 aliphatic heterocycles. The van der Waals surface area contributed by atoms with Crippen LogP contribution in [-0.2, 0) is 0 Å². The zero-order valence-corrected chi connectivity index (χ0v) is 12.4. The fraction of sp³-hybridized carbons (Fsp3) is 0.625. The van der Waals surface area contributed by atoms with Crippen molar-refractivity contribution in [3.8, 4) is 0 Å². The lowest BCUT2D eigenvalue weighted by Crippen LogP contribution is -2.52. The second-order valence-corrected chi connectivity index (χ2v) is 6.26. The second kappa shape index (κ2) is 6.55. The Morgan fingerprint density at radius 3 is 2.35 bits per heavy atom. The zero-order chi connectivity index (χ0) is 14.6. The Morgan fingerprint density at radius 2 is 1.85 bits per heavy atom. The van der Waals surface area contributed by atoms with Crippen LogP contribution < -0.4 is 5.32 Å². The van der Waals surface area contributed by atoms with E-state index in [4.69, 9.17) is 0 Å². The van der Waals surface area contributed by atoms with Crippen molar-refractivity contribution >= 4 is 5.69 Å². The van der Waals surface area contributed by atoms with E-state index in [1.54, 1.807) is 12.1 Å². The van der Waals surface area contributed by atoms with Gasteiger partial charge < -0.3 is 15.3 Å². The molecule has 0 saturated carbocycles. The normalized spacial score (nSPS) is 19.2. The molecule has 0 bridgehead atoms. The Kier molecular flexibility index (Phi) is 5.00. The third-order valence-electron chi connectivity index (χ3n) is 3.99. The number of rotatable bonds is 5. The summed E-state index contributed by atoms with van der Waals surface area (Å²) < 4.78 is 12.9. The highest BCUT2D eigenvalue weighted by molar-refractivity contribution is 5.45. The van der Waals surface area contributed by atoms with Gasteiger partial charge in [-0.25, -0.2) is 4.39 Å². The molecule has 1 aliphatic rings. The van der Waals surface area contributed by atoms with Crippen molar-refractivity contribution in [3.63, 3.8) is 0 Å². The van der Waals surface area contributed by atoms with E-state index in [2.05, 4.69) is 24.1 Å². The molecule has 112 valence electrons. The van der Waals surface area contributed by atoms with Crippen LogP contribution in [0.15, 0.2) is 24.3 Å². The first-order valence-electron chi connectivity index (χ1n) is 7.40. The minimum absolute atomic E-state index is 0.111. The van der Waals surface area contributed by atoms with Gasteiger partial charge in [0.2, 0.25) is 0 Å². The molecule has 0 radical (unpaired) electrons. The topological polar surface area (TPSA) is 35.5 Å². The summed E-state index contributed by atoms with van der Waals surface area (Å²) in [5, 5.41) is 13.2. The molecular formula is C16H25FN2O. The fourth-order valence-corrected chi connectivity index (χ4v) is 2.84. The van der Waals surface area contributed by atoms with E-state index in [-0.39, 0.29) is 18.0 Å². The largest absolute Gasteiger partial charge is 0.394 e. The van der Waals surface area contributed by atoms with Crippen molar-refractivity contribution in [2.75, 3.05) is 31.6 Å². The number of hydrogen-bond donors (Lipinski definition) is 2. The van der Waals surface area contributed by atoms with Crippen molar-refractivity contribution in [1.29, 1.82) is 0 Å². The molecule has 2 N–H and O–H groups in total. The molecular weight excluding hydrogens is 255 g/mol. The molecule has 0 amide bonds. The summed E-state index contributed by atoms with van der Waals surface area (Å²) in [5.41, 5.74) is 0.600. The van der Waals surface area contributed by atoms with Gasteiger partial charge in [0.05, 0.1) is 12.1 Å². The van der Waals surface area contributed by atoms with E-state index in [0.717, 1.165) is 38.2 Å². The van der Waals surface area contributed by atoms with Crippen molar-refractivity contribution in [2.24, 2.45) is 5.92 Å². The van der Waals surface area contributed by atoms with Gasteiger partial charge in [0.15, 0.2) is 0 Å². The molecule has 1 aromatic carbocycles. The molecule has 0 unspecified atom stereocenters. The molecule has 0 aliphatic carbocycles. The van der Waals surface area contributed by atoms with Gasteiger partial charge in [-0.2, -0.15) is 0 Å². The Balaban J connectivity index is 1.96. The highest BCUT2D eigenvalue weighted by atomic mass is 19.1. The molecule has 0 aromatic heterocycles. The van der Waals surface area contributed by atoms with Crippen LogP contribution in [0.25, 0.3) is 0 Å². The van der Waals surface area contributed by atoms with Crippen LogP contribution >= 0.6 is 0 Å². The van der Waals surface area contributed by atoms with Gasteiger partial charge in [-0.1, -0.05) is 13.8 Å². The van der Waals surface area contributed by atoms with Gasteiger partial charge in [-0.15, -0.1) is 0 Å². The third-order valence-corrected chi connectivity index (χ3v) is 3.99. The van der Waals surface area contributed by atoms with Crippen LogP contribution in [0, 0.1) is 11.7 Å². The van der Waals surface area contributed by atoms with Gasteiger partial charge in [0.25, 0.3) is 0 Å². The van der Waals surface area contributed by atoms with Crippen LogP contribution in [0.3, 0.4) is 0 Å². The maximum Gasteiger partial charge on any atom is 0.123 e. The van der Waals surface area contributed by atoms with Crippen LogP contribution in [0.5, 0.6) is 0 Å². The number of benzene rings is 1. The Bertz CT molecular complexity index is 411. The summed E-state index contributed by atoms with van der Waals surface area (Å²) in [4.78, 5) is 2.45. The third kappa shape index (κ3) is 3.93. The first-order chi connectivity index (χ1) is 9.53. The molecule has 1 fully saturated rings. The number of hydrogen-bond acceptors (Lipinski definition) is 3. The van der Waals surface area contributed by atoms with E-state index in [1.807, 2.05) is 0 Å². The lowest BCUT2D eigenvalue weighted by atomic mass is 9.87. The number of aliphatic hydroxyl groups excluding tert-OH is 1. The number of aliphatic hydroxyl groups is 1. The summed E-state index contributed by atoms with van der Waals surface area (Å²) in [6.07, 6.45) is 1.82. The lowest BCUT2D eigenvalue weighted by Gasteiger charge is -2.42. The Hall–Kier alpha value is -1.13. The van der Waals surface area contributed by atoms with E-state index in [9.17, 15) is 9.50 Å². The number of anilines is 1. The molecule has 4 heteroatoms. The molecule has 2 rings (SSSR count). The van der Waals surface area contributed by atoms with E-state index < -0.39 is 0 Å². The quantitative estimate of drug-likeness (QED) is 0.870. The smallest absolute Gasteiger partial charge is 0.123 e. The predicted molar refractivity (Wildman–Crippen MR) is 80.4 cm³/mol. The van der Waals surface area contributed by atoms with Gasteiger partial charge >= 0.3 is 0 Å². The first kappa shape index (κ1) is 15.3. The summed E-state index contributed by atoms with van der Waals surface area (Å²) in [6, 6.07) is 6.35. The average molecular weight is 280 g/mol. The van der Waals surface area contributed by atoms with Crippen LogP contribution in [-0.4, -0.2) is 41.8 Å². The first-order valence-corrected chi connectivity index (χ1v) is 7.40. The van der Waals surface area contributed by atoms with Crippen LogP contribution in [0.4, 0.5) is 10.1 Å². The summed E-state index contributed by atoms with van der Waals surface area (Å²) in [7, 11) is 0. The van der Waals surface area contributed by atoms with Gasteiger partial charge in [0, 0.05) is 25.3 Å². The molecule has 3 nitrogen and oxygen atoms in total. The molecule has 0 spiro atoms. The highest BCUT2D eigenvalue weighted by Gasteiger charge is 2.33. The van der Waals surface area contributed by atoms with Crippen molar-refractivity contribution < 1.29 is 9.50 Å². The standard InChI is InChI=1S/C16H25FN2O/c1-13(2)11-19-9-7-16(12-20,8-10-19)18-15-5-3-14(17)4-6-15/h3-6,13,18,20H,7-12H2,1-2H3. The summed E-state index contributed by atoms with van der Waals surface area (Å²) in [5.74, 6) is 0.432. The Morgan fingerprint density at radius 1 is 1.25 bits per heavy atom. The number of halogens is 1. The fourth-order valence-electron chi connectivity index (χ4n) is 2.84. The maximum absolute atomic E-state index is 12.9. The van der Waals surface area contributed by atoms with Crippen molar-refractivity contribution in [3.05, 3.63) is 30.1 Å². The molecule has 0 atom stereocenters. The monoisotopic (exact) mass is 280 g/mol. The van der Waals surface area contributed by atoms with Crippen molar-refractivity contribution in [1.82, 2.24) is 4.90 Å².